The second-order valence-electron chi connectivity index (χ2n) is 9.42. The van der Waals surface area contributed by atoms with Crippen molar-refractivity contribution in [2.45, 2.75) is 44.7 Å². The summed E-state index contributed by atoms with van der Waals surface area (Å²) in [5.74, 6) is -5.77. The third kappa shape index (κ3) is 5.04. The Morgan fingerprint density at radius 1 is 1.23 bits per heavy atom. The smallest absolute Gasteiger partial charge is 0.298 e. The Labute approximate surface area is 220 Å². The van der Waals surface area contributed by atoms with E-state index in [1.165, 1.54) is 38.2 Å². The number of rotatable bonds is 8. The highest BCUT2D eigenvalue weighted by Crippen LogP contribution is 2.37. The number of aliphatic hydroxyl groups excluding tert-OH is 1. The summed E-state index contributed by atoms with van der Waals surface area (Å²) in [6, 6.07) is 5.56. The van der Waals surface area contributed by atoms with Gasteiger partial charge in [0.05, 0.1) is 41.4 Å². The molecule has 1 aliphatic rings. The molecule has 4 aromatic rings. The Hall–Kier alpha value is -4.39. The van der Waals surface area contributed by atoms with Crippen molar-refractivity contribution >= 4 is 5.91 Å². The number of hydrogen-bond acceptors (Lipinski definition) is 7. The van der Waals surface area contributed by atoms with Crippen LogP contribution in [-0.2, 0) is 5.92 Å². The fraction of sp³-hybridized carbons (Fsp3) is 0.308. The summed E-state index contributed by atoms with van der Waals surface area (Å²) in [7, 11) is 0. The number of hydrogen-bond donors (Lipinski definition) is 2. The van der Waals surface area contributed by atoms with Gasteiger partial charge in [0.15, 0.2) is 0 Å². The van der Waals surface area contributed by atoms with Crippen LogP contribution in [0.5, 0.6) is 0 Å². The van der Waals surface area contributed by atoms with Crippen LogP contribution in [0.1, 0.15) is 59.0 Å². The first-order valence-electron chi connectivity index (χ1n) is 12.2. The van der Waals surface area contributed by atoms with Gasteiger partial charge in [-0.1, -0.05) is 17.3 Å². The van der Waals surface area contributed by atoms with Gasteiger partial charge in [-0.15, -0.1) is 5.10 Å². The molecule has 1 saturated carbocycles. The van der Waals surface area contributed by atoms with Crippen LogP contribution in [0.3, 0.4) is 0 Å². The van der Waals surface area contributed by atoms with E-state index in [0.717, 1.165) is 29.3 Å². The second-order valence-corrected chi connectivity index (χ2v) is 9.42. The number of halogens is 3. The lowest BCUT2D eigenvalue weighted by Crippen LogP contribution is -2.32. The molecule has 13 heteroatoms. The summed E-state index contributed by atoms with van der Waals surface area (Å²) >= 11 is 0. The highest BCUT2D eigenvalue weighted by Gasteiger charge is 2.35. The highest BCUT2D eigenvalue weighted by molar-refractivity contribution is 5.92. The number of aliphatic hydroxyl groups is 1. The van der Waals surface area contributed by atoms with E-state index in [1.54, 1.807) is 23.1 Å². The zero-order chi connectivity index (χ0) is 27.9. The molecule has 0 aliphatic heterocycles. The first-order chi connectivity index (χ1) is 18.6. The van der Waals surface area contributed by atoms with Gasteiger partial charge in [0.25, 0.3) is 17.4 Å². The second kappa shape index (κ2) is 10.1. The van der Waals surface area contributed by atoms with E-state index in [-0.39, 0.29) is 22.9 Å². The lowest BCUT2D eigenvalue weighted by molar-refractivity contribution is -0.0584. The van der Waals surface area contributed by atoms with Crippen LogP contribution in [0.4, 0.5) is 13.2 Å². The van der Waals surface area contributed by atoms with Crippen molar-refractivity contribution in [1.29, 1.82) is 0 Å². The maximum Gasteiger partial charge on any atom is 0.298 e. The van der Waals surface area contributed by atoms with Gasteiger partial charge in [0.1, 0.15) is 18.1 Å². The van der Waals surface area contributed by atoms with Gasteiger partial charge >= 0.3 is 0 Å². The number of aromatic nitrogens is 6. The molecule has 0 spiro atoms. The molecule has 10 nitrogen and oxygen atoms in total. The molecule has 2 N–H and O–H groups in total. The van der Waals surface area contributed by atoms with Crippen molar-refractivity contribution in [3.63, 3.8) is 0 Å². The Morgan fingerprint density at radius 3 is 2.72 bits per heavy atom. The maximum atomic E-state index is 14.9. The predicted molar refractivity (Wildman–Crippen MR) is 133 cm³/mol. The quantitative estimate of drug-likeness (QED) is 0.352. The summed E-state index contributed by atoms with van der Waals surface area (Å²) in [4.78, 5) is 30.2. The van der Waals surface area contributed by atoms with Gasteiger partial charge in [-0.2, -0.15) is 18.6 Å². The zero-order valence-electron chi connectivity index (χ0n) is 21.0. The first kappa shape index (κ1) is 26.2. The fourth-order valence-corrected chi connectivity index (χ4v) is 4.22. The molecule has 39 heavy (non-hydrogen) atoms. The molecule has 1 aliphatic carbocycles. The average molecular weight is 540 g/mol. The van der Waals surface area contributed by atoms with Gasteiger partial charge in [0, 0.05) is 22.9 Å². The van der Waals surface area contributed by atoms with Crippen LogP contribution in [0.2, 0.25) is 0 Å². The Kier molecular flexibility index (Phi) is 6.76. The van der Waals surface area contributed by atoms with Crippen LogP contribution in [0.25, 0.3) is 16.9 Å². The molecule has 0 radical (unpaired) electrons. The number of carbonyl (C=O) groups is 1. The van der Waals surface area contributed by atoms with E-state index in [2.05, 4.69) is 25.7 Å². The SMILES string of the molecule is Cc1cc(C(=O)N[C@H](C)c2cccc(C(F)(F)CO)c2F)nn(-c2cncc(-c3cnnn3C3CC3)c2)c1=O. The van der Waals surface area contributed by atoms with Gasteiger partial charge in [-0.05, 0) is 44.9 Å². The normalized spacial score (nSPS) is 14.3. The molecule has 1 aromatic carbocycles. The van der Waals surface area contributed by atoms with Crippen LogP contribution in [0, 0.1) is 12.7 Å². The molecule has 3 heterocycles. The molecule has 0 saturated heterocycles. The minimum Gasteiger partial charge on any atom is -0.390 e. The van der Waals surface area contributed by atoms with Gasteiger partial charge in [-0.3, -0.25) is 14.6 Å². The molecule has 1 amide bonds. The van der Waals surface area contributed by atoms with E-state index in [1.807, 2.05) is 0 Å². The van der Waals surface area contributed by atoms with E-state index in [4.69, 9.17) is 5.11 Å². The molecule has 3 aromatic heterocycles. The predicted octanol–water partition coefficient (Wildman–Crippen LogP) is 3.24. The number of benzene rings is 1. The van der Waals surface area contributed by atoms with Gasteiger partial charge in [0.2, 0.25) is 0 Å². The standard InChI is InChI=1S/C26H24F3N7O3/c1-14-8-21(24(38)32-15(2)19-4-3-5-20(23(19)27)26(28,29)13-37)33-36(25(14)39)18-9-16(10-30-11-18)22-12-31-34-35(22)17-6-7-17/h3-5,8-12,15,17,37H,6-7,13H2,1-2H3,(H,32,38)/t15-/m1/s1. The van der Waals surface area contributed by atoms with Crippen molar-refractivity contribution in [3.05, 3.63) is 87.5 Å². The summed E-state index contributed by atoms with van der Waals surface area (Å²) in [5.41, 5.74) is 0.118. The van der Waals surface area contributed by atoms with Crippen molar-refractivity contribution < 1.29 is 23.1 Å². The van der Waals surface area contributed by atoms with Gasteiger partial charge in [-0.25, -0.2) is 9.07 Å². The third-order valence-corrected chi connectivity index (χ3v) is 6.49. The number of carbonyl (C=O) groups excluding carboxylic acids is 1. The highest BCUT2D eigenvalue weighted by atomic mass is 19.3. The van der Waals surface area contributed by atoms with E-state index in [9.17, 15) is 22.8 Å². The molecule has 5 rings (SSSR count). The van der Waals surface area contributed by atoms with Gasteiger partial charge < -0.3 is 10.4 Å². The average Bonchev–Trinajstić information content (AvgIpc) is 3.65. The number of amides is 1. The van der Waals surface area contributed by atoms with E-state index in [0.29, 0.717) is 11.3 Å². The fourth-order valence-electron chi connectivity index (χ4n) is 4.22. The van der Waals surface area contributed by atoms with Crippen molar-refractivity contribution in [1.82, 2.24) is 35.1 Å². The molecule has 1 fully saturated rings. The minimum atomic E-state index is -3.78. The van der Waals surface area contributed by atoms with Crippen molar-refractivity contribution in [2.24, 2.45) is 0 Å². The largest absolute Gasteiger partial charge is 0.390 e. The Bertz CT molecular complexity index is 1610. The molecular weight excluding hydrogens is 515 g/mol. The Balaban J connectivity index is 1.44. The number of alkyl halides is 2. The number of nitrogens with zero attached hydrogens (tertiary/aromatic N) is 6. The van der Waals surface area contributed by atoms with Crippen molar-refractivity contribution in [2.75, 3.05) is 6.61 Å². The number of aryl methyl sites for hydroxylation is 1. The van der Waals surface area contributed by atoms with Crippen LogP contribution in [0.15, 0.2) is 53.7 Å². The number of pyridine rings is 1. The zero-order valence-corrected chi connectivity index (χ0v) is 21.0. The lowest BCUT2D eigenvalue weighted by atomic mass is 10.00. The third-order valence-electron chi connectivity index (χ3n) is 6.49. The van der Waals surface area contributed by atoms with E-state index >= 15 is 0 Å². The summed E-state index contributed by atoms with van der Waals surface area (Å²) < 4.78 is 45.6. The molecule has 0 unspecified atom stereocenters. The molecular formula is C26H24F3N7O3. The molecule has 202 valence electrons. The summed E-state index contributed by atoms with van der Waals surface area (Å²) in [6.07, 6.45) is 6.64. The maximum absolute atomic E-state index is 14.9. The molecule has 0 bridgehead atoms. The minimum absolute atomic E-state index is 0.147. The summed E-state index contributed by atoms with van der Waals surface area (Å²) in [6.45, 7) is 1.38. The monoisotopic (exact) mass is 539 g/mol. The number of nitrogens with one attached hydrogen (secondary N) is 1. The Morgan fingerprint density at radius 2 is 2.00 bits per heavy atom. The van der Waals surface area contributed by atoms with Crippen LogP contribution in [-0.4, -0.2) is 47.4 Å². The first-order valence-corrected chi connectivity index (χ1v) is 12.2. The van der Waals surface area contributed by atoms with Crippen LogP contribution >= 0.6 is 0 Å². The lowest BCUT2D eigenvalue weighted by Gasteiger charge is -2.20. The van der Waals surface area contributed by atoms with E-state index < -0.39 is 41.4 Å². The molecule has 1 atom stereocenters. The summed E-state index contributed by atoms with van der Waals surface area (Å²) in [5, 5.41) is 23.8. The van der Waals surface area contributed by atoms with Crippen LogP contribution < -0.4 is 10.9 Å². The topological polar surface area (TPSA) is 128 Å². The van der Waals surface area contributed by atoms with Crippen molar-refractivity contribution in [3.8, 4) is 16.9 Å².